The fourth-order valence-electron chi connectivity index (χ4n) is 2.13. The van der Waals surface area contributed by atoms with Crippen LogP contribution in [0.4, 0.5) is 18.0 Å². The third kappa shape index (κ3) is 3.78. The Bertz CT molecular complexity index is 301. The van der Waals surface area contributed by atoms with Crippen molar-refractivity contribution in [2.24, 2.45) is 0 Å². The second-order valence-electron chi connectivity index (χ2n) is 5.77. The van der Waals surface area contributed by atoms with Crippen molar-refractivity contribution in [3.05, 3.63) is 0 Å². The molecule has 0 heterocycles. The summed E-state index contributed by atoms with van der Waals surface area (Å²) >= 11 is 0. The minimum Gasteiger partial charge on any atom is -0.444 e. The van der Waals surface area contributed by atoms with Gasteiger partial charge in [-0.2, -0.15) is 13.2 Å². The molecule has 1 amide bonds. The highest BCUT2D eigenvalue weighted by atomic mass is 19.4. The van der Waals surface area contributed by atoms with E-state index in [-0.39, 0.29) is 12.8 Å². The molecule has 0 unspecified atom stereocenters. The highest BCUT2D eigenvalue weighted by Crippen LogP contribution is 2.41. The molecule has 1 N–H and O–H groups in total. The molecule has 0 saturated heterocycles. The third-order valence-electron chi connectivity index (χ3n) is 2.99. The van der Waals surface area contributed by atoms with Gasteiger partial charge in [0, 0.05) is 0 Å². The SMILES string of the molecule is CC(C)(C)OC(=O)NC1(C(F)(F)F)CCCCC1. The van der Waals surface area contributed by atoms with Gasteiger partial charge in [0.25, 0.3) is 0 Å². The Kier molecular flexibility index (Phi) is 4.18. The van der Waals surface area contributed by atoms with Gasteiger partial charge in [0.2, 0.25) is 0 Å². The lowest BCUT2D eigenvalue weighted by molar-refractivity contribution is -0.203. The fraction of sp³-hybridized carbons (Fsp3) is 0.917. The summed E-state index contributed by atoms with van der Waals surface area (Å²) in [5, 5.41) is 2.04. The van der Waals surface area contributed by atoms with Crippen molar-refractivity contribution in [1.29, 1.82) is 0 Å². The van der Waals surface area contributed by atoms with E-state index in [0.717, 1.165) is 6.42 Å². The summed E-state index contributed by atoms with van der Waals surface area (Å²) in [5.74, 6) is 0. The Labute approximate surface area is 105 Å². The van der Waals surface area contributed by atoms with Crippen LogP contribution in [0.15, 0.2) is 0 Å². The van der Waals surface area contributed by atoms with E-state index in [9.17, 15) is 18.0 Å². The van der Waals surface area contributed by atoms with Gasteiger partial charge in [-0.25, -0.2) is 4.79 Å². The number of amides is 1. The van der Waals surface area contributed by atoms with E-state index < -0.39 is 23.4 Å². The number of hydrogen-bond donors (Lipinski definition) is 1. The van der Waals surface area contributed by atoms with E-state index in [1.165, 1.54) is 0 Å². The largest absolute Gasteiger partial charge is 0.444 e. The molecule has 6 heteroatoms. The zero-order valence-corrected chi connectivity index (χ0v) is 11.0. The normalized spacial score (nSPS) is 20.3. The number of ether oxygens (including phenoxy) is 1. The summed E-state index contributed by atoms with van der Waals surface area (Å²) in [7, 11) is 0. The minimum absolute atomic E-state index is 0.0737. The topological polar surface area (TPSA) is 38.3 Å². The molecule has 0 radical (unpaired) electrons. The molecule has 1 aliphatic rings. The summed E-state index contributed by atoms with van der Waals surface area (Å²) < 4.78 is 44.3. The number of carbonyl (C=O) groups is 1. The van der Waals surface area contributed by atoms with Gasteiger partial charge in [-0.15, -0.1) is 0 Å². The lowest BCUT2D eigenvalue weighted by Crippen LogP contribution is -2.60. The number of carbonyl (C=O) groups excluding carboxylic acids is 1. The Morgan fingerprint density at radius 1 is 1.11 bits per heavy atom. The summed E-state index contributed by atoms with van der Waals surface area (Å²) in [5.41, 5.74) is -2.92. The van der Waals surface area contributed by atoms with Crippen LogP contribution in [0.5, 0.6) is 0 Å². The molecular formula is C12H20F3NO2. The van der Waals surface area contributed by atoms with Crippen LogP contribution in [0.1, 0.15) is 52.9 Å². The molecule has 1 aliphatic carbocycles. The number of rotatable bonds is 1. The molecule has 0 atom stereocenters. The van der Waals surface area contributed by atoms with Gasteiger partial charge >= 0.3 is 12.3 Å². The summed E-state index contributed by atoms with van der Waals surface area (Å²) in [6.07, 6.45) is -3.88. The number of alkyl carbamates (subject to hydrolysis) is 1. The highest BCUT2D eigenvalue weighted by molar-refractivity contribution is 5.69. The predicted octanol–water partition coefficient (Wildman–Crippen LogP) is 3.78. The Balaban J connectivity index is 2.77. The van der Waals surface area contributed by atoms with Gasteiger partial charge in [0.15, 0.2) is 0 Å². The molecule has 106 valence electrons. The van der Waals surface area contributed by atoms with E-state index in [1.54, 1.807) is 20.8 Å². The van der Waals surface area contributed by atoms with E-state index in [2.05, 4.69) is 0 Å². The summed E-state index contributed by atoms with van der Waals surface area (Å²) in [6.45, 7) is 4.86. The minimum atomic E-state index is -4.44. The third-order valence-corrected chi connectivity index (χ3v) is 2.99. The van der Waals surface area contributed by atoms with E-state index in [4.69, 9.17) is 4.74 Å². The first-order valence-electron chi connectivity index (χ1n) is 6.14. The van der Waals surface area contributed by atoms with Crippen molar-refractivity contribution in [2.45, 2.75) is 70.2 Å². The van der Waals surface area contributed by atoms with Gasteiger partial charge < -0.3 is 10.1 Å². The summed E-state index contributed by atoms with van der Waals surface area (Å²) in [4.78, 5) is 11.5. The maximum Gasteiger partial charge on any atom is 0.411 e. The van der Waals surface area contributed by atoms with Crippen molar-refractivity contribution in [3.8, 4) is 0 Å². The maximum absolute atomic E-state index is 13.1. The van der Waals surface area contributed by atoms with Gasteiger partial charge in [-0.05, 0) is 33.6 Å². The number of hydrogen-bond acceptors (Lipinski definition) is 2. The van der Waals surface area contributed by atoms with Crippen LogP contribution >= 0.6 is 0 Å². The van der Waals surface area contributed by atoms with Crippen LogP contribution in [0, 0.1) is 0 Å². The molecule has 1 fully saturated rings. The number of alkyl halides is 3. The van der Waals surface area contributed by atoms with Crippen LogP contribution in [-0.4, -0.2) is 23.4 Å². The molecular weight excluding hydrogens is 247 g/mol. The lowest BCUT2D eigenvalue weighted by Gasteiger charge is -2.39. The fourth-order valence-corrected chi connectivity index (χ4v) is 2.13. The first kappa shape index (κ1) is 15.1. The second-order valence-corrected chi connectivity index (χ2v) is 5.77. The average molecular weight is 267 g/mol. The Hall–Kier alpha value is -0.940. The zero-order valence-electron chi connectivity index (χ0n) is 11.0. The molecule has 0 spiro atoms. The van der Waals surface area contributed by atoms with Gasteiger partial charge in [-0.1, -0.05) is 19.3 Å². The standard InChI is InChI=1S/C12H20F3NO2/c1-10(2,3)18-9(17)16-11(12(13,14)15)7-5-4-6-8-11/h4-8H2,1-3H3,(H,16,17). The van der Waals surface area contributed by atoms with E-state index >= 15 is 0 Å². The smallest absolute Gasteiger partial charge is 0.411 e. The molecule has 0 aliphatic heterocycles. The van der Waals surface area contributed by atoms with E-state index in [1.807, 2.05) is 5.32 Å². The zero-order chi connectivity index (χ0) is 14.0. The molecule has 0 aromatic carbocycles. The predicted molar refractivity (Wildman–Crippen MR) is 61.2 cm³/mol. The van der Waals surface area contributed by atoms with Crippen LogP contribution in [0.2, 0.25) is 0 Å². The quantitative estimate of drug-likeness (QED) is 0.785. The van der Waals surface area contributed by atoms with Crippen LogP contribution < -0.4 is 5.32 Å². The van der Waals surface area contributed by atoms with Gasteiger partial charge in [-0.3, -0.25) is 0 Å². The van der Waals surface area contributed by atoms with Crippen molar-refractivity contribution in [1.82, 2.24) is 5.32 Å². The molecule has 0 aromatic rings. The summed E-state index contributed by atoms with van der Waals surface area (Å²) in [6, 6.07) is 0. The monoisotopic (exact) mass is 267 g/mol. The molecule has 18 heavy (non-hydrogen) atoms. The molecule has 1 saturated carbocycles. The van der Waals surface area contributed by atoms with Crippen LogP contribution in [0.3, 0.4) is 0 Å². The first-order chi connectivity index (χ1) is 8.06. The molecule has 0 aromatic heterocycles. The van der Waals surface area contributed by atoms with Gasteiger partial charge in [0.05, 0.1) is 0 Å². The number of halogens is 3. The van der Waals surface area contributed by atoms with Gasteiger partial charge in [0.1, 0.15) is 11.1 Å². The average Bonchev–Trinajstić information content (AvgIpc) is 2.13. The number of nitrogens with one attached hydrogen (secondary N) is 1. The van der Waals surface area contributed by atoms with Crippen molar-refractivity contribution < 1.29 is 22.7 Å². The second kappa shape index (κ2) is 4.97. The molecule has 0 bridgehead atoms. The van der Waals surface area contributed by atoms with Crippen molar-refractivity contribution >= 4 is 6.09 Å². The van der Waals surface area contributed by atoms with E-state index in [0.29, 0.717) is 12.8 Å². The maximum atomic E-state index is 13.1. The molecule has 1 rings (SSSR count). The Morgan fingerprint density at radius 2 is 1.61 bits per heavy atom. The van der Waals surface area contributed by atoms with Crippen LogP contribution in [-0.2, 0) is 4.74 Å². The lowest BCUT2D eigenvalue weighted by atomic mass is 9.81. The Morgan fingerprint density at radius 3 is 2.00 bits per heavy atom. The molecule has 3 nitrogen and oxygen atoms in total. The van der Waals surface area contributed by atoms with Crippen LogP contribution in [0.25, 0.3) is 0 Å². The van der Waals surface area contributed by atoms with Crippen molar-refractivity contribution in [2.75, 3.05) is 0 Å². The van der Waals surface area contributed by atoms with Crippen molar-refractivity contribution in [3.63, 3.8) is 0 Å². The first-order valence-corrected chi connectivity index (χ1v) is 6.14. The highest BCUT2D eigenvalue weighted by Gasteiger charge is 2.56.